The molecule has 5 aromatic rings. The van der Waals surface area contributed by atoms with Crippen LogP contribution in [0.15, 0.2) is 76.2 Å². The van der Waals surface area contributed by atoms with Gasteiger partial charge in [-0.3, -0.25) is 9.59 Å². The molecule has 5 rings (SSSR count). The van der Waals surface area contributed by atoms with Crippen molar-refractivity contribution in [3.05, 3.63) is 99.8 Å². The van der Waals surface area contributed by atoms with Gasteiger partial charge in [0.05, 0.1) is 17.8 Å². The maximum Gasteiger partial charge on any atom is 0.265 e. The van der Waals surface area contributed by atoms with Gasteiger partial charge in [-0.15, -0.1) is 0 Å². The molecule has 0 atom stereocenters. The van der Waals surface area contributed by atoms with Crippen LogP contribution >= 0.6 is 0 Å². The maximum absolute atomic E-state index is 13.4. The van der Waals surface area contributed by atoms with Gasteiger partial charge in [0.25, 0.3) is 11.5 Å². The Labute approximate surface area is 195 Å². The van der Waals surface area contributed by atoms with E-state index in [1.165, 1.54) is 10.9 Å². The summed E-state index contributed by atoms with van der Waals surface area (Å²) in [4.78, 5) is 30.2. The number of amides is 1. The third-order valence-corrected chi connectivity index (χ3v) is 5.69. The van der Waals surface area contributed by atoms with Crippen LogP contribution in [0, 0.1) is 13.8 Å². The van der Waals surface area contributed by atoms with Crippen molar-refractivity contribution in [1.82, 2.24) is 19.3 Å². The SMILES string of the molecule is Cc1cccc(-c2cc(NC(=O)c3c(C)oc4ncn(C)c(=O)c34)n(Cc3ccccc3)n2)c1. The monoisotopic (exact) mass is 453 g/mol. The van der Waals surface area contributed by atoms with E-state index in [-0.39, 0.29) is 22.2 Å². The van der Waals surface area contributed by atoms with E-state index in [1.807, 2.05) is 67.6 Å². The van der Waals surface area contributed by atoms with Gasteiger partial charge in [0.1, 0.15) is 23.3 Å². The van der Waals surface area contributed by atoms with Crippen molar-refractivity contribution in [2.45, 2.75) is 20.4 Å². The molecule has 0 bridgehead atoms. The van der Waals surface area contributed by atoms with Crippen molar-refractivity contribution in [3.63, 3.8) is 0 Å². The van der Waals surface area contributed by atoms with Crippen LogP contribution in [0.4, 0.5) is 5.82 Å². The molecule has 0 aliphatic heterocycles. The molecule has 3 aromatic heterocycles. The summed E-state index contributed by atoms with van der Waals surface area (Å²) in [5, 5.41) is 7.87. The van der Waals surface area contributed by atoms with Crippen molar-refractivity contribution in [2.75, 3.05) is 5.32 Å². The van der Waals surface area contributed by atoms with Crippen LogP contribution in [0.1, 0.15) is 27.2 Å². The number of benzene rings is 2. The van der Waals surface area contributed by atoms with Crippen molar-refractivity contribution < 1.29 is 9.21 Å². The lowest BCUT2D eigenvalue weighted by molar-refractivity contribution is 0.102. The van der Waals surface area contributed by atoms with E-state index in [4.69, 9.17) is 9.52 Å². The number of furan rings is 1. The van der Waals surface area contributed by atoms with Crippen LogP contribution in [-0.4, -0.2) is 25.2 Å². The van der Waals surface area contributed by atoms with Gasteiger partial charge in [-0.05, 0) is 25.5 Å². The Balaban J connectivity index is 1.57. The highest BCUT2D eigenvalue weighted by atomic mass is 16.3. The molecular weight excluding hydrogens is 430 g/mol. The van der Waals surface area contributed by atoms with E-state index in [0.29, 0.717) is 18.1 Å². The van der Waals surface area contributed by atoms with Gasteiger partial charge in [-0.2, -0.15) is 5.10 Å². The molecule has 0 spiro atoms. The van der Waals surface area contributed by atoms with Crippen LogP contribution in [0.2, 0.25) is 0 Å². The van der Waals surface area contributed by atoms with Crippen LogP contribution in [-0.2, 0) is 13.6 Å². The Kier molecular flexibility index (Phi) is 5.33. The van der Waals surface area contributed by atoms with E-state index in [9.17, 15) is 9.59 Å². The fraction of sp³-hybridized carbons (Fsp3) is 0.154. The zero-order valence-electron chi connectivity index (χ0n) is 19.1. The topological polar surface area (TPSA) is 95.0 Å². The molecule has 0 radical (unpaired) electrons. The van der Waals surface area contributed by atoms with Crippen LogP contribution in [0.5, 0.6) is 0 Å². The second kappa shape index (κ2) is 8.47. The first-order valence-corrected chi connectivity index (χ1v) is 10.9. The highest BCUT2D eigenvalue weighted by Gasteiger charge is 2.24. The Morgan fingerprint density at radius 2 is 1.85 bits per heavy atom. The first-order chi connectivity index (χ1) is 16.4. The van der Waals surface area contributed by atoms with Crippen LogP contribution in [0.25, 0.3) is 22.4 Å². The molecular formula is C26H23N5O3. The van der Waals surface area contributed by atoms with Gasteiger partial charge in [0.15, 0.2) is 0 Å². The molecule has 0 saturated heterocycles. The van der Waals surface area contributed by atoms with E-state index in [1.54, 1.807) is 18.7 Å². The minimum Gasteiger partial charge on any atom is -0.442 e. The summed E-state index contributed by atoms with van der Waals surface area (Å²) in [7, 11) is 1.59. The molecule has 0 aliphatic rings. The van der Waals surface area contributed by atoms with Gasteiger partial charge in [-0.1, -0.05) is 54.1 Å². The lowest BCUT2D eigenvalue weighted by atomic mass is 10.1. The number of aromatic nitrogens is 4. The number of nitrogens with zero attached hydrogens (tertiary/aromatic N) is 4. The Morgan fingerprint density at radius 3 is 2.62 bits per heavy atom. The molecule has 2 aromatic carbocycles. The summed E-state index contributed by atoms with van der Waals surface area (Å²) in [6, 6.07) is 19.7. The van der Waals surface area contributed by atoms with Crippen LogP contribution in [0.3, 0.4) is 0 Å². The number of aryl methyl sites for hydroxylation is 3. The van der Waals surface area contributed by atoms with Crippen LogP contribution < -0.4 is 10.9 Å². The molecule has 1 amide bonds. The lowest BCUT2D eigenvalue weighted by Gasteiger charge is -2.09. The number of hydrogen-bond donors (Lipinski definition) is 1. The summed E-state index contributed by atoms with van der Waals surface area (Å²) < 4.78 is 8.67. The van der Waals surface area contributed by atoms with Crippen molar-refractivity contribution >= 4 is 22.8 Å². The summed E-state index contributed by atoms with van der Waals surface area (Å²) in [5.74, 6) is 0.391. The predicted molar refractivity (Wildman–Crippen MR) is 130 cm³/mol. The fourth-order valence-corrected chi connectivity index (χ4v) is 3.98. The Hall–Kier alpha value is -4.46. The third-order valence-electron chi connectivity index (χ3n) is 5.69. The second-order valence-electron chi connectivity index (χ2n) is 8.26. The summed E-state index contributed by atoms with van der Waals surface area (Å²) in [6.07, 6.45) is 1.37. The number of rotatable bonds is 5. The molecule has 1 N–H and O–H groups in total. The maximum atomic E-state index is 13.4. The quantitative estimate of drug-likeness (QED) is 0.428. The average molecular weight is 454 g/mol. The number of carbonyl (C=O) groups excluding carboxylic acids is 1. The normalized spacial score (nSPS) is 11.1. The first-order valence-electron chi connectivity index (χ1n) is 10.9. The number of nitrogens with one attached hydrogen (secondary N) is 1. The molecule has 8 heteroatoms. The van der Waals surface area contributed by atoms with Crippen molar-refractivity contribution in [3.8, 4) is 11.3 Å². The Bertz CT molecular complexity index is 1580. The number of hydrogen-bond acceptors (Lipinski definition) is 5. The fourth-order valence-electron chi connectivity index (χ4n) is 3.98. The largest absolute Gasteiger partial charge is 0.442 e. The zero-order valence-corrected chi connectivity index (χ0v) is 19.1. The van der Waals surface area contributed by atoms with Gasteiger partial charge in [0.2, 0.25) is 5.71 Å². The summed E-state index contributed by atoms with van der Waals surface area (Å²) in [5.41, 5.74) is 3.82. The molecule has 34 heavy (non-hydrogen) atoms. The van der Waals surface area contributed by atoms with E-state index >= 15 is 0 Å². The predicted octanol–water partition coefficient (Wildman–Crippen LogP) is 4.31. The highest BCUT2D eigenvalue weighted by molar-refractivity contribution is 6.12. The van der Waals surface area contributed by atoms with Crippen molar-refractivity contribution in [1.29, 1.82) is 0 Å². The number of anilines is 1. The average Bonchev–Trinajstić information content (AvgIpc) is 3.37. The number of carbonyl (C=O) groups is 1. The molecule has 3 heterocycles. The summed E-state index contributed by atoms with van der Waals surface area (Å²) >= 11 is 0. The standard InChI is InChI=1S/C26H23N5O3/c1-16-8-7-11-19(12-16)20-13-21(31(29-20)14-18-9-5-4-6-10-18)28-24(32)22-17(2)34-25-23(22)26(33)30(3)15-27-25/h4-13,15H,14H2,1-3H3,(H,28,32). The smallest absolute Gasteiger partial charge is 0.265 e. The zero-order chi connectivity index (χ0) is 23.8. The lowest BCUT2D eigenvalue weighted by Crippen LogP contribution is -2.21. The molecule has 8 nitrogen and oxygen atoms in total. The minimum atomic E-state index is -0.452. The van der Waals surface area contributed by atoms with E-state index < -0.39 is 5.91 Å². The molecule has 0 aliphatic carbocycles. The van der Waals surface area contributed by atoms with Gasteiger partial charge in [-0.25, -0.2) is 9.67 Å². The number of fused-ring (bicyclic) bond motifs is 1. The Morgan fingerprint density at radius 1 is 1.06 bits per heavy atom. The van der Waals surface area contributed by atoms with Gasteiger partial charge >= 0.3 is 0 Å². The second-order valence-corrected chi connectivity index (χ2v) is 8.26. The highest BCUT2D eigenvalue weighted by Crippen LogP contribution is 2.26. The third kappa shape index (κ3) is 3.90. The van der Waals surface area contributed by atoms with E-state index in [0.717, 1.165) is 22.4 Å². The van der Waals surface area contributed by atoms with Gasteiger partial charge < -0.3 is 14.3 Å². The summed E-state index contributed by atoms with van der Waals surface area (Å²) in [6.45, 7) is 4.14. The molecule has 0 fully saturated rings. The minimum absolute atomic E-state index is 0.143. The van der Waals surface area contributed by atoms with Crippen molar-refractivity contribution in [2.24, 2.45) is 7.05 Å². The van der Waals surface area contributed by atoms with Gasteiger partial charge in [0, 0.05) is 18.7 Å². The first kappa shape index (κ1) is 21.4. The molecule has 0 saturated carbocycles. The molecule has 0 unspecified atom stereocenters. The van der Waals surface area contributed by atoms with E-state index in [2.05, 4.69) is 10.3 Å². The molecule has 170 valence electrons.